The molecule has 0 bridgehead atoms. The molecule has 1 rings (SSSR count). The van der Waals surface area contributed by atoms with Gasteiger partial charge in [0.2, 0.25) is 0 Å². The fourth-order valence-corrected chi connectivity index (χ4v) is 1.58. The second kappa shape index (κ2) is 4.72. The Bertz CT molecular complexity index is 205. The molecule has 14 heavy (non-hydrogen) atoms. The van der Waals surface area contributed by atoms with Crippen molar-refractivity contribution in [2.45, 2.75) is 31.4 Å². The van der Waals surface area contributed by atoms with Gasteiger partial charge in [-0.2, -0.15) is 0 Å². The molecule has 5 heteroatoms. The minimum absolute atomic E-state index is 0.00653. The molecule has 82 valence electrons. The molecule has 0 radical (unpaired) electrons. The Morgan fingerprint density at radius 1 is 1.79 bits per heavy atom. The maximum Gasteiger partial charge on any atom is 0.138 e. The molecule has 2 atom stereocenters. The van der Waals surface area contributed by atoms with Gasteiger partial charge in [0.15, 0.2) is 0 Å². The maximum absolute atomic E-state index is 10.2. The van der Waals surface area contributed by atoms with Crippen molar-refractivity contribution in [1.29, 1.82) is 0 Å². The molecule has 0 spiro atoms. The van der Waals surface area contributed by atoms with Crippen LogP contribution in [0.15, 0.2) is 0 Å². The molecule has 0 aromatic rings. The van der Waals surface area contributed by atoms with Crippen LogP contribution in [-0.2, 0) is 9.53 Å². The lowest BCUT2D eigenvalue weighted by molar-refractivity contribution is -0.707. The van der Waals surface area contributed by atoms with Gasteiger partial charge in [0.25, 0.3) is 0 Å². The minimum atomic E-state index is -1.06. The summed E-state index contributed by atoms with van der Waals surface area (Å²) < 4.78 is 5.22. The number of ether oxygens (including phenoxy) is 1. The number of nitrogens with two attached hydrogens (primary N) is 1. The van der Waals surface area contributed by atoms with Gasteiger partial charge in [0.1, 0.15) is 18.2 Å². The number of carbonyl (C=O) groups is 1. The standard InChI is InChI=1S/C9H17NO4/c1-9(13)3-5-14-6-7(9)10-4-2-8(11)12/h7,10,13H,2-6H2,1H3,(H,11,12)/t7-,9-/m1/s1. The van der Waals surface area contributed by atoms with E-state index >= 15 is 0 Å². The lowest BCUT2D eigenvalue weighted by atomic mass is 9.91. The van der Waals surface area contributed by atoms with Crippen molar-refractivity contribution >= 4 is 5.97 Å². The van der Waals surface area contributed by atoms with Crippen molar-refractivity contribution in [2.75, 3.05) is 19.8 Å². The highest BCUT2D eigenvalue weighted by Gasteiger charge is 2.37. The molecule has 0 amide bonds. The second-order valence-electron chi connectivity index (χ2n) is 3.93. The molecule has 0 aromatic heterocycles. The van der Waals surface area contributed by atoms with Gasteiger partial charge in [0.05, 0.1) is 6.54 Å². The highest BCUT2D eigenvalue weighted by atomic mass is 16.5. The van der Waals surface area contributed by atoms with Crippen LogP contribution in [0.25, 0.3) is 0 Å². The van der Waals surface area contributed by atoms with E-state index < -0.39 is 11.6 Å². The average Bonchev–Trinajstić information content (AvgIpc) is 2.07. The molecule has 3 N–H and O–H groups in total. The van der Waals surface area contributed by atoms with Gasteiger partial charge in [-0.1, -0.05) is 0 Å². The van der Waals surface area contributed by atoms with Crippen LogP contribution in [0.5, 0.6) is 0 Å². The van der Waals surface area contributed by atoms with E-state index in [9.17, 15) is 15.0 Å². The Morgan fingerprint density at radius 2 is 2.50 bits per heavy atom. The Kier molecular flexibility index (Phi) is 3.86. The van der Waals surface area contributed by atoms with Crippen LogP contribution >= 0.6 is 0 Å². The predicted octanol–water partition coefficient (Wildman–Crippen LogP) is -2.77. The summed E-state index contributed by atoms with van der Waals surface area (Å²) in [6.07, 6.45) is 0.603. The van der Waals surface area contributed by atoms with Gasteiger partial charge in [-0.05, 0) is 6.92 Å². The summed E-state index contributed by atoms with van der Waals surface area (Å²) in [5.41, 5.74) is -0.760. The molecule has 0 unspecified atom stereocenters. The van der Waals surface area contributed by atoms with Crippen LogP contribution in [0.2, 0.25) is 0 Å². The Hall–Kier alpha value is -0.650. The second-order valence-corrected chi connectivity index (χ2v) is 3.93. The summed E-state index contributed by atoms with van der Waals surface area (Å²) in [4.78, 5) is 10.2. The number of aliphatic carboxylic acids is 1. The summed E-state index contributed by atoms with van der Waals surface area (Å²) in [6, 6.07) is -0.0735. The summed E-state index contributed by atoms with van der Waals surface area (Å²) in [5, 5.41) is 21.9. The zero-order chi connectivity index (χ0) is 10.6. The van der Waals surface area contributed by atoms with Gasteiger partial charge in [-0.25, -0.2) is 0 Å². The summed E-state index contributed by atoms with van der Waals surface area (Å²) in [5.74, 6) is -1.06. The third kappa shape index (κ3) is 3.25. The van der Waals surface area contributed by atoms with E-state index in [1.54, 1.807) is 6.92 Å². The lowest BCUT2D eigenvalue weighted by Gasteiger charge is -2.34. The highest BCUT2D eigenvalue weighted by Crippen LogP contribution is 2.17. The van der Waals surface area contributed by atoms with E-state index in [2.05, 4.69) is 0 Å². The van der Waals surface area contributed by atoms with Crippen molar-refractivity contribution in [2.24, 2.45) is 0 Å². The Labute approximate surface area is 83.1 Å². The summed E-state index contributed by atoms with van der Waals surface area (Å²) in [7, 11) is 0. The average molecular weight is 203 g/mol. The van der Waals surface area contributed by atoms with Crippen molar-refractivity contribution in [3.8, 4) is 0 Å². The number of hydrogen-bond acceptors (Lipinski definition) is 4. The number of quaternary nitrogens is 1. The molecule has 1 aliphatic rings. The molecular weight excluding hydrogens is 186 g/mol. The monoisotopic (exact) mass is 203 g/mol. The third-order valence-electron chi connectivity index (χ3n) is 2.65. The SMILES string of the molecule is C[C@@]1(O)CCOC[C@H]1[NH2+]CCC(=O)[O-]. The van der Waals surface area contributed by atoms with E-state index in [4.69, 9.17) is 4.74 Å². The molecule has 1 fully saturated rings. The first-order valence-electron chi connectivity index (χ1n) is 4.85. The normalized spacial score (nSPS) is 32.9. The molecule has 5 nitrogen and oxygen atoms in total. The maximum atomic E-state index is 10.2. The number of carboxylic acid groups (broad SMARTS) is 1. The van der Waals surface area contributed by atoms with E-state index in [0.29, 0.717) is 26.2 Å². The molecular formula is C9H17NO4. The largest absolute Gasteiger partial charge is 0.550 e. The number of carboxylic acids is 1. The molecule has 1 aliphatic heterocycles. The quantitative estimate of drug-likeness (QED) is 0.518. The Balaban J connectivity index is 2.31. The number of rotatable bonds is 4. The zero-order valence-corrected chi connectivity index (χ0v) is 8.36. The molecule has 0 aromatic carbocycles. The van der Waals surface area contributed by atoms with Crippen molar-refractivity contribution in [1.82, 2.24) is 0 Å². The van der Waals surface area contributed by atoms with Crippen LogP contribution in [0.1, 0.15) is 19.8 Å². The topological polar surface area (TPSA) is 86.2 Å². The van der Waals surface area contributed by atoms with Crippen molar-refractivity contribution < 1.29 is 25.1 Å². The van der Waals surface area contributed by atoms with Crippen LogP contribution in [0.4, 0.5) is 0 Å². The van der Waals surface area contributed by atoms with Crippen LogP contribution in [0.3, 0.4) is 0 Å². The highest BCUT2D eigenvalue weighted by molar-refractivity contribution is 5.64. The number of aliphatic hydroxyl groups is 1. The molecule has 1 saturated heterocycles. The number of hydrogen-bond donors (Lipinski definition) is 2. The van der Waals surface area contributed by atoms with E-state index in [1.807, 2.05) is 5.32 Å². The number of carbonyl (C=O) groups excluding carboxylic acids is 1. The van der Waals surface area contributed by atoms with Gasteiger partial charge in [0, 0.05) is 25.4 Å². The first-order chi connectivity index (χ1) is 6.52. The van der Waals surface area contributed by atoms with E-state index in [1.165, 1.54) is 0 Å². The lowest BCUT2D eigenvalue weighted by Crippen LogP contribution is -2.96. The smallest absolute Gasteiger partial charge is 0.138 e. The van der Waals surface area contributed by atoms with Gasteiger partial charge in [-0.15, -0.1) is 0 Å². The van der Waals surface area contributed by atoms with Gasteiger partial charge < -0.3 is 25.1 Å². The van der Waals surface area contributed by atoms with Gasteiger partial charge >= 0.3 is 0 Å². The van der Waals surface area contributed by atoms with Gasteiger partial charge in [-0.3, -0.25) is 0 Å². The predicted molar refractivity (Wildman–Crippen MR) is 46.3 cm³/mol. The first-order valence-corrected chi connectivity index (χ1v) is 4.85. The summed E-state index contributed by atoms with van der Waals surface area (Å²) in [6.45, 7) is 3.22. The first kappa shape index (κ1) is 11.4. The van der Waals surface area contributed by atoms with E-state index in [-0.39, 0.29) is 12.5 Å². The third-order valence-corrected chi connectivity index (χ3v) is 2.65. The fourth-order valence-electron chi connectivity index (χ4n) is 1.58. The minimum Gasteiger partial charge on any atom is -0.550 e. The zero-order valence-electron chi connectivity index (χ0n) is 8.36. The molecule has 1 heterocycles. The molecule has 0 saturated carbocycles. The molecule has 0 aliphatic carbocycles. The van der Waals surface area contributed by atoms with Crippen LogP contribution < -0.4 is 10.4 Å². The van der Waals surface area contributed by atoms with Crippen molar-refractivity contribution in [3.63, 3.8) is 0 Å². The summed E-state index contributed by atoms with van der Waals surface area (Å²) >= 11 is 0. The van der Waals surface area contributed by atoms with Crippen molar-refractivity contribution in [3.05, 3.63) is 0 Å². The fraction of sp³-hybridized carbons (Fsp3) is 0.889. The Morgan fingerprint density at radius 3 is 3.07 bits per heavy atom. The van der Waals surface area contributed by atoms with E-state index in [0.717, 1.165) is 0 Å². The van der Waals surface area contributed by atoms with Crippen LogP contribution in [0, 0.1) is 0 Å². The van der Waals surface area contributed by atoms with Crippen LogP contribution in [-0.4, -0.2) is 42.5 Å².